The Kier molecular flexibility index (Phi) is 4.78. The van der Waals surface area contributed by atoms with E-state index in [0.717, 1.165) is 10.0 Å². The Morgan fingerprint density at radius 2 is 1.67 bits per heavy atom. The molecule has 0 amide bonds. The van der Waals surface area contributed by atoms with Crippen LogP contribution >= 0.6 is 15.9 Å². The minimum atomic E-state index is -3.73. The predicted molar refractivity (Wildman–Crippen MR) is 84.0 cm³/mol. The lowest BCUT2D eigenvalue weighted by molar-refractivity contribution is 0.575. The van der Waals surface area contributed by atoms with Gasteiger partial charge in [-0.3, -0.25) is 0 Å². The molecule has 1 atom stereocenters. The zero-order valence-electron chi connectivity index (χ0n) is 11.2. The monoisotopic (exact) mass is 364 g/mol. The smallest absolute Gasteiger partial charge is 0.207 e. The molecule has 0 aliphatic heterocycles. The van der Waals surface area contributed by atoms with E-state index in [0.29, 0.717) is 5.56 Å². The van der Waals surface area contributed by atoms with Crippen LogP contribution in [0.15, 0.2) is 57.9 Å². The molecule has 1 N–H and O–H groups in total. The largest absolute Gasteiger partial charge is 0.241 e. The number of hydrogen-bond donors (Lipinski definition) is 1. The van der Waals surface area contributed by atoms with E-state index in [1.807, 2.05) is 13.0 Å². The molecule has 0 spiro atoms. The van der Waals surface area contributed by atoms with Crippen LogP contribution in [-0.2, 0) is 10.0 Å². The molecule has 0 aromatic heterocycles. The molecule has 2 aromatic carbocycles. The van der Waals surface area contributed by atoms with Crippen LogP contribution in [0.25, 0.3) is 0 Å². The summed E-state index contributed by atoms with van der Waals surface area (Å²) in [5.41, 5.74) is 1.56. The molecule has 0 radical (unpaired) electrons. The van der Waals surface area contributed by atoms with Crippen LogP contribution in [0.4, 0.5) is 0 Å². The normalized spacial score (nSPS) is 12.6. The maximum atomic E-state index is 12.3. The zero-order chi connectivity index (χ0) is 15.5. The van der Waals surface area contributed by atoms with Crippen LogP contribution in [0.2, 0.25) is 0 Å². The Bertz CT molecular complexity index is 763. The second-order valence-corrected chi connectivity index (χ2v) is 7.18. The fraction of sp³-hybridized carbons (Fsp3) is 0.133. The van der Waals surface area contributed by atoms with E-state index in [2.05, 4.69) is 20.7 Å². The average molecular weight is 365 g/mol. The molecule has 0 aliphatic carbocycles. The molecule has 1 unspecified atom stereocenters. The van der Waals surface area contributed by atoms with Gasteiger partial charge in [0, 0.05) is 4.47 Å². The SMILES string of the molecule is Cc1ccc(S(=O)(=O)NC(C#N)c2ccc(Br)cc2)cc1. The number of nitriles is 1. The first-order chi connectivity index (χ1) is 9.92. The zero-order valence-corrected chi connectivity index (χ0v) is 13.6. The summed E-state index contributed by atoms with van der Waals surface area (Å²) in [4.78, 5) is 0.144. The lowest BCUT2D eigenvalue weighted by Gasteiger charge is -2.13. The van der Waals surface area contributed by atoms with Gasteiger partial charge in [-0.15, -0.1) is 0 Å². The number of sulfonamides is 1. The van der Waals surface area contributed by atoms with E-state index >= 15 is 0 Å². The van der Waals surface area contributed by atoms with Gasteiger partial charge in [0.15, 0.2) is 0 Å². The van der Waals surface area contributed by atoms with E-state index < -0.39 is 16.1 Å². The van der Waals surface area contributed by atoms with Crippen LogP contribution < -0.4 is 4.72 Å². The van der Waals surface area contributed by atoms with Crippen LogP contribution in [-0.4, -0.2) is 8.42 Å². The minimum Gasteiger partial charge on any atom is -0.207 e. The maximum Gasteiger partial charge on any atom is 0.241 e. The first-order valence-corrected chi connectivity index (χ1v) is 8.44. The summed E-state index contributed by atoms with van der Waals surface area (Å²) in [6.07, 6.45) is 0. The van der Waals surface area contributed by atoms with Gasteiger partial charge in [-0.2, -0.15) is 9.98 Å². The van der Waals surface area contributed by atoms with Crippen LogP contribution in [0.3, 0.4) is 0 Å². The molecule has 6 heteroatoms. The van der Waals surface area contributed by atoms with Crippen LogP contribution in [0, 0.1) is 18.3 Å². The lowest BCUT2D eigenvalue weighted by atomic mass is 10.1. The number of hydrogen-bond acceptors (Lipinski definition) is 3. The first-order valence-electron chi connectivity index (χ1n) is 6.16. The van der Waals surface area contributed by atoms with Crippen LogP contribution in [0.1, 0.15) is 17.2 Å². The molecule has 0 aliphatic rings. The Hall–Kier alpha value is -1.68. The lowest BCUT2D eigenvalue weighted by Crippen LogP contribution is -2.27. The van der Waals surface area contributed by atoms with E-state index in [4.69, 9.17) is 0 Å². The van der Waals surface area contributed by atoms with Gasteiger partial charge in [-0.1, -0.05) is 45.8 Å². The van der Waals surface area contributed by atoms with Gasteiger partial charge in [0.25, 0.3) is 0 Å². The van der Waals surface area contributed by atoms with Gasteiger partial charge in [0.1, 0.15) is 6.04 Å². The fourth-order valence-electron chi connectivity index (χ4n) is 1.76. The summed E-state index contributed by atoms with van der Waals surface area (Å²) >= 11 is 3.30. The average Bonchev–Trinajstić information content (AvgIpc) is 2.46. The third-order valence-electron chi connectivity index (χ3n) is 2.94. The molecule has 0 saturated heterocycles. The molecule has 108 valence electrons. The van der Waals surface area contributed by atoms with Crippen molar-refractivity contribution in [1.29, 1.82) is 5.26 Å². The molecule has 0 fully saturated rings. The number of aryl methyl sites for hydroxylation is 1. The minimum absolute atomic E-state index is 0.144. The van der Waals surface area contributed by atoms with Crippen LogP contribution in [0.5, 0.6) is 0 Å². The number of rotatable bonds is 4. The van der Waals surface area contributed by atoms with Crippen molar-refractivity contribution in [1.82, 2.24) is 4.72 Å². The van der Waals surface area contributed by atoms with Crippen molar-refractivity contribution in [3.05, 3.63) is 64.1 Å². The molecule has 0 bridgehead atoms. The number of benzene rings is 2. The third-order valence-corrected chi connectivity index (χ3v) is 4.90. The molecule has 0 heterocycles. The van der Waals surface area contributed by atoms with Gasteiger partial charge in [-0.05, 0) is 36.8 Å². The van der Waals surface area contributed by atoms with Crippen molar-refractivity contribution in [2.45, 2.75) is 17.9 Å². The molecule has 4 nitrogen and oxygen atoms in total. The first kappa shape index (κ1) is 15.7. The summed E-state index contributed by atoms with van der Waals surface area (Å²) in [5.74, 6) is 0. The van der Waals surface area contributed by atoms with Gasteiger partial charge >= 0.3 is 0 Å². The van der Waals surface area contributed by atoms with Crippen molar-refractivity contribution >= 4 is 26.0 Å². The summed E-state index contributed by atoms with van der Waals surface area (Å²) in [6.45, 7) is 1.88. The van der Waals surface area contributed by atoms with E-state index in [-0.39, 0.29) is 4.90 Å². The maximum absolute atomic E-state index is 12.3. The fourth-order valence-corrected chi connectivity index (χ4v) is 3.16. The quantitative estimate of drug-likeness (QED) is 0.904. The van der Waals surface area contributed by atoms with Gasteiger partial charge in [-0.25, -0.2) is 8.42 Å². The van der Waals surface area contributed by atoms with Crippen molar-refractivity contribution in [2.75, 3.05) is 0 Å². The highest BCUT2D eigenvalue weighted by Crippen LogP contribution is 2.19. The van der Waals surface area contributed by atoms with Crippen molar-refractivity contribution in [3.8, 4) is 6.07 Å². The van der Waals surface area contributed by atoms with Crippen molar-refractivity contribution in [3.63, 3.8) is 0 Å². The Morgan fingerprint density at radius 3 is 2.19 bits per heavy atom. The Balaban J connectivity index is 2.27. The predicted octanol–water partition coefficient (Wildman–Crippen LogP) is 3.30. The Morgan fingerprint density at radius 1 is 1.10 bits per heavy atom. The topological polar surface area (TPSA) is 70.0 Å². The summed E-state index contributed by atoms with van der Waals surface area (Å²) in [6, 6.07) is 14.5. The highest BCUT2D eigenvalue weighted by atomic mass is 79.9. The van der Waals surface area contributed by atoms with Gasteiger partial charge in [0.05, 0.1) is 11.0 Å². The highest BCUT2D eigenvalue weighted by molar-refractivity contribution is 9.10. The number of nitrogens with one attached hydrogen (secondary N) is 1. The number of nitrogens with zero attached hydrogens (tertiary/aromatic N) is 1. The van der Waals surface area contributed by atoms with E-state index in [9.17, 15) is 13.7 Å². The van der Waals surface area contributed by atoms with E-state index in [1.165, 1.54) is 12.1 Å². The Labute approximate surface area is 132 Å². The van der Waals surface area contributed by atoms with E-state index in [1.54, 1.807) is 36.4 Å². The standard InChI is InChI=1S/C15H13BrN2O2S/c1-11-2-8-14(9-3-11)21(19,20)18-15(10-17)12-4-6-13(16)7-5-12/h2-9,15,18H,1H3. The summed E-state index contributed by atoms with van der Waals surface area (Å²) in [5, 5.41) is 9.21. The number of halogens is 1. The third kappa shape index (κ3) is 3.91. The second-order valence-electron chi connectivity index (χ2n) is 4.55. The van der Waals surface area contributed by atoms with Gasteiger partial charge in [0.2, 0.25) is 10.0 Å². The molecular weight excluding hydrogens is 352 g/mol. The van der Waals surface area contributed by atoms with Crippen molar-refractivity contribution < 1.29 is 8.42 Å². The molecule has 21 heavy (non-hydrogen) atoms. The summed E-state index contributed by atoms with van der Waals surface area (Å²) in [7, 11) is -3.73. The molecule has 2 rings (SSSR count). The highest BCUT2D eigenvalue weighted by Gasteiger charge is 2.21. The second kappa shape index (κ2) is 6.39. The van der Waals surface area contributed by atoms with Gasteiger partial charge < -0.3 is 0 Å². The summed E-state index contributed by atoms with van der Waals surface area (Å²) < 4.78 is 27.8. The molecular formula is C15H13BrN2O2S. The molecule has 0 saturated carbocycles. The van der Waals surface area contributed by atoms with Crippen molar-refractivity contribution in [2.24, 2.45) is 0 Å². The molecule has 2 aromatic rings.